The fraction of sp³-hybridized carbons (Fsp3) is 0.140. The Labute approximate surface area is 267 Å². The SMILES string of the molecule is Cc1ccccc1C(C)(C)c1ccccc1C.Cc1cn(-c2cc(-c3ccccc3)cc(-c3ccccc3)n2)c2ccccc12. The molecule has 0 aliphatic carbocycles. The highest BCUT2D eigenvalue weighted by Crippen LogP contribution is 2.35. The quantitative estimate of drug-likeness (QED) is 0.197. The Balaban J connectivity index is 0.000000180. The van der Waals surface area contributed by atoms with E-state index in [9.17, 15) is 0 Å². The standard InChI is InChI=1S/C26H20N2.C17H20/c1-19-18-28(25-15-9-8-14-23(19)25)26-17-22(20-10-4-2-5-11-20)16-24(27-26)21-12-6-3-7-13-21;1-13-9-5-7-11-15(13)17(3,4)16-12-8-6-10-14(16)2/h2-18H,1H3;5-12H,1-4H3. The highest BCUT2D eigenvalue weighted by atomic mass is 15.1. The molecule has 5 aromatic carbocycles. The molecule has 0 aliphatic heterocycles. The van der Waals surface area contributed by atoms with Crippen LogP contribution in [0.25, 0.3) is 39.1 Å². The van der Waals surface area contributed by atoms with E-state index in [0.29, 0.717) is 0 Å². The third-order valence-corrected chi connectivity index (χ3v) is 8.78. The Bertz CT molecular complexity index is 1940. The van der Waals surface area contributed by atoms with Crippen LogP contribution in [0.4, 0.5) is 0 Å². The Morgan fingerprint density at radius 1 is 0.489 bits per heavy atom. The van der Waals surface area contributed by atoms with Crippen LogP contribution in [-0.4, -0.2) is 9.55 Å². The fourth-order valence-corrected chi connectivity index (χ4v) is 6.43. The Hall–Kier alpha value is -5.21. The van der Waals surface area contributed by atoms with Crippen molar-refractivity contribution in [2.75, 3.05) is 0 Å². The van der Waals surface area contributed by atoms with Crippen LogP contribution in [0.15, 0.2) is 152 Å². The van der Waals surface area contributed by atoms with Crippen molar-refractivity contribution in [3.63, 3.8) is 0 Å². The molecular formula is C43H40N2. The molecule has 45 heavy (non-hydrogen) atoms. The lowest BCUT2D eigenvalue weighted by Gasteiger charge is -2.29. The Kier molecular flexibility index (Phi) is 8.49. The predicted octanol–water partition coefficient (Wildman–Crippen LogP) is 11.3. The summed E-state index contributed by atoms with van der Waals surface area (Å²) in [6.45, 7) is 11.1. The average molecular weight is 585 g/mol. The molecule has 7 rings (SSSR count). The molecule has 0 unspecified atom stereocenters. The second-order valence-electron chi connectivity index (χ2n) is 12.3. The van der Waals surface area contributed by atoms with Gasteiger partial charge < -0.3 is 4.57 Å². The van der Waals surface area contributed by atoms with Crippen LogP contribution in [0.5, 0.6) is 0 Å². The maximum Gasteiger partial charge on any atom is 0.138 e. The van der Waals surface area contributed by atoms with Crippen molar-refractivity contribution in [1.29, 1.82) is 0 Å². The first-order valence-electron chi connectivity index (χ1n) is 15.6. The first kappa shape index (κ1) is 29.8. The monoisotopic (exact) mass is 584 g/mol. The van der Waals surface area contributed by atoms with Gasteiger partial charge in [0, 0.05) is 22.6 Å². The minimum atomic E-state index is 0.0662. The molecule has 0 radical (unpaired) electrons. The summed E-state index contributed by atoms with van der Waals surface area (Å²) in [6, 6.07) is 51.0. The maximum absolute atomic E-state index is 5.03. The van der Waals surface area contributed by atoms with Crippen LogP contribution >= 0.6 is 0 Å². The van der Waals surface area contributed by atoms with Crippen molar-refractivity contribution in [2.45, 2.75) is 40.0 Å². The first-order chi connectivity index (χ1) is 21.8. The number of fused-ring (bicyclic) bond motifs is 1. The van der Waals surface area contributed by atoms with Gasteiger partial charge in [0.25, 0.3) is 0 Å². The molecule has 0 amide bonds. The van der Waals surface area contributed by atoms with E-state index in [1.54, 1.807) is 0 Å². The number of rotatable bonds is 5. The number of para-hydroxylation sites is 1. The summed E-state index contributed by atoms with van der Waals surface area (Å²) in [6.07, 6.45) is 2.18. The summed E-state index contributed by atoms with van der Waals surface area (Å²) < 4.78 is 2.20. The number of aromatic nitrogens is 2. The molecular weight excluding hydrogens is 544 g/mol. The van der Waals surface area contributed by atoms with E-state index in [2.05, 4.69) is 179 Å². The van der Waals surface area contributed by atoms with Crippen LogP contribution in [0.1, 0.15) is 41.7 Å². The van der Waals surface area contributed by atoms with E-state index in [1.165, 1.54) is 49.8 Å². The minimum absolute atomic E-state index is 0.0662. The number of hydrogen-bond acceptors (Lipinski definition) is 1. The number of pyridine rings is 1. The maximum atomic E-state index is 5.03. The highest BCUT2D eigenvalue weighted by molar-refractivity contribution is 5.85. The number of nitrogens with zero attached hydrogens (tertiary/aromatic N) is 2. The summed E-state index contributed by atoms with van der Waals surface area (Å²) in [5.41, 5.74) is 12.5. The molecule has 0 atom stereocenters. The molecule has 0 spiro atoms. The lowest BCUT2D eigenvalue weighted by molar-refractivity contribution is 0.631. The Morgan fingerprint density at radius 3 is 1.60 bits per heavy atom. The predicted molar refractivity (Wildman–Crippen MR) is 191 cm³/mol. The molecule has 2 heteroatoms. The van der Waals surface area contributed by atoms with Gasteiger partial charge in [-0.15, -0.1) is 0 Å². The summed E-state index contributed by atoms with van der Waals surface area (Å²) in [4.78, 5) is 5.03. The lowest BCUT2D eigenvalue weighted by atomic mass is 9.75. The zero-order valence-electron chi connectivity index (χ0n) is 26.8. The van der Waals surface area contributed by atoms with Crippen LogP contribution < -0.4 is 0 Å². The van der Waals surface area contributed by atoms with Crippen molar-refractivity contribution in [1.82, 2.24) is 9.55 Å². The van der Waals surface area contributed by atoms with Gasteiger partial charge in [0.1, 0.15) is 5.82 Å². The number of benzene rings is 5. The molecule has 0 aliphatic rings. The number of hydrogen-bond donors (Lipinski definition) is 0. The molecule has 222 valence electrons. The van der Waals surface area contributed by atoms with Crippen molar-refractivity contribution in [3.05, 3.63) is 180 Å². The smallest absolute Gasteiger partial charge is 0.138 e. The van der Waals surface area contributed by atoms with Crippen molar-refractivity contribution < 1.29 is 0 Å². The summed E-state index contributed by atoms with van der Waals surface area (Å²) >= 11 is 0. The van der Waals surface area contributed by atoms with Gasteiger partial charge in [0.05, 0.1) is 11.2 Å². The molecule has 2 heterocycles. The normalized spacial score (nSPS) is 11.2. The van der Waals surface area contributed by atoms with Crippen molar-refractivity contribution >= 4 is 10.9 Å². The highest BCUT2D eigenvalue weighted by Gasteiger charge is 2.25. The summed E-state index contributed by atoms with van der Waals surface area (Å²) in [5, 5.41) is 1.26. The van der Waals surface area contributed by atoms with Gasteiger partial charge in [0.2, 0.25) is 0 Å². The van der Waals surface area contributed by atoms with Gasteiger partial charge in [-0.3, -0.25) is 0 Å². The lowest BCUT2D eigenvalue weighted by Crippen LogP contribution is -2.21. The first-order valence-corrected chi connectivity index (χ1v) is 15.6. The summed E-state index contributed by atoms with van der Waals surface area (Å²) in [5.74, 6) is 0.935. The molecule has 0 bridgehead atoms. The van der Waals surface area contributed by atoms with Crippen LogP contribution in [0, 0.1) is 20.8 Å². The van der Waals surface area contributed by atoms with E-state index in [-0.39, 0.29) is 5.41 Å². The van der Waals surface area contributed by atoms with E-state index >= 15 is 0 Å². The van der Waals surface area contributed by atoms with Crippen molar-refractivity contribution in [2.24, 2.45) is 0 Å². The van der Waals surface area contributed by atoms with Gasteiger partial charge in [-0.2, -0.15) is 0 Å². The second kappa shape index (κ2) is 12.8. The molecule has 7 aromatic rings. The van der Waals surface area contributed by atoms with Crippen LogP contribution in [0.2, 0.25) is 0 Å². The largest absolute Gasteiger partial charge is 0.301 e. The van der Waals surface area contributed by atoms with Crippen LogP contribution in [0.3, 0.4) is 0 Å². The molecule has 0 saturated carbocycles. The van der Waals surface area contributed by atoms with E-state index in [0.717, 1.165) is 17.1 Å². The minimum Gasteiger partial charge on any atom is -0.301 e. The number of aryl methyl sites for hydroxylation is 3. The molecule has 0 N–H and O–H groups in total. The van der Waals surface area contributed by atoms with E-state index < -0.39 is 0 Å². The fourth-order valence-electron chi connectivity index (χ4n) is 6.43. The second-order valence-corrected chi connectivity index (χ2v) is 12.3. The van der Waals surface area contributed by atoms with E-state index in [4.69, 9.17) is 4.98 Å². The van der Waals surface area contributed by atoms with Crippen LogP contribution in [-0.2, 0) is 5.41 Å². The molecule has 2 aromatic heterocycles. The topological polar surface area (TPSA) is 17.8 Å². The van der Waals surface area contributed by atoms with Gasteiger partial charge in [-0.25, -0.2) is 4.98 Å². The van der Waals surface area contributed by atoms with Gasteiger partial charge >= 0.3 is 0 Å². The third kappa shape index (κ3) is 6.23. The Morgan fingerprint density at radius 2 is 1.00 bits per heavy atom. The van der Waals surface area contributed by atoms with Gasteiger partial charge in [-0.05, 0) is 77.9 Å². The van der Waals surface area contributed by atoms with Gasteiger partial charge in [0.15, 0.2) is 0 Å². The molecule has 0 saturated heterocycles. The van der Waals surface area contributed by atoms with E-state index in [1.807, 2.05) is 12.1 Å². The summed E-state index contributed by atoms with van der Waals surface area (Å²) in [7, 11) is 0. The molecule has 0 fully saturated rings. The zero-order chi connectivity index (χ0) is 31.4. The van der Waals surface area contributed by atoms with Gasteiger partial charge in [-0.1, -0.05) is 141 Å². The van der Waals surface area contributed by atoms with Crippen molar-refractivity contribution in [3.8, 4) is 28.2 Å². The third-order valence-electron chi connectivity index (χ3n) is 8.78. The average Bonchev–Trinajstić information content (AvgIpc) is 3.42. The molecule has 2 nitrogen and oxygen atoms in total. The zero-order valence-corrected chi connectivity index (χ0v) is 26.8.